The lowest BCUT2D eigenvalue weighted by atomic mass is 10.1. The lowest BCUT2D eigenvalue weighted by Gasteiger charge is -2.11. The van der Waals surface area contributed by atoms with Gasteiger partial charge in [-0.1, -0.05) is 17.4 Å². The highest BCUT2D eigenvalue weighted by Gasteiger charge is 2.31. The third kappa shape index (κ3) is 2.01. The van der Waals surface area contributed by atoms with E-state index in [9.17, 15) is 4.79 Å². The summed E-state index contributed by atoms with van der Waals surface area (Å²) in [5.41, 5.74) is 2.20. The molecule has 1 atom stereocenters. The van der Waals surface area contributed by atoms with E-state index in [4.69, 9.17) is 0 Å². The minimum Gasteiger partial charge on any atom is -0.288 e. The first-order chi connectivity index (χ1) is 8.67. The number of benzene rings is 1. The minimum absolute atomic E-state index is 0.171. The first kappa shape index (κ1) is 12.0. The van der Waals surface area contributed by atoms with Crippen LogP contribution in [-0.2, 0) is 4.79 Å². The number of hydrogen-bond donors (Lipinski definition) is 1. The molecule has 1 aliphatic heterocycles. The molecule has 1 saturated heterocycles. The van der Waals surface area contributed by atoms with E-state index in [1.165, 1.54) is 5.56 Å². The second-order valence-electron chi connectivity index (χ2n) is 4.72. The maximum absolute atomic E-state index is 11.9. The van der Waals surface area contributed by atoms with Gasteiger partial charge >= 0.3 is 0 Å². The van der Waals surface area contributed by atoms with E-state index in [0.29, 0.717) is 12.3 Å². The number of aromatic nitrogens is 1. The fourth-order valence-corrected chi connectivity index (χ4v) is 3.56. The van der Waals surface area contributed by atoms with E-state index in [2.05, 4.69) is 30.6 Å². The second kappa shape index (κ2) is 4.55. The Morgan fingerprint density at radius 2 is 2.39 bits per heavy atom. The molecule has 0 saturated carbocycles. The first-order valence-corrected chi connectivity index (χ1v) is 7.40. The van der Waals surface area contributed by atoms with Crippen LogP contribution in [0.4, 0.5) is 5.13 Å². The van der Waals surface area contributed by atoms with Crippen LogP contribution >= 0.6 is 24.0 Å². The highest BCUT2D eigenvalue weighted by atomic mass is 32.1. The van der Waals surface area contributed by atoms with Crippen LogP contribution in [0.15, 0.2) is 18.2 Å². The van der Waals surface area contributed by atoms with Gasteiger partial charge in [0, 0.05) is 13.0 Å². The average molecular weight is 278 g/mol. The van der Waals surface area contributed by atoms with E-state index < -0.39 is 0 Å². The second-order valence-corrected chi connectivity index (χ2v) is 6.10. The summed E-state index contributed by atoms with van der Waals surface area (Å²) in [6.07, 6.45) is 0.596. The van der Waals surface area contributed by atoms with Gasteiger partial charge in [0.25, 0.3) is 0 Å². The molecular formula is C13H14N2OS2. The van der Waals surface area contributed by atoms with Crippen LogP contribution < -0.4 is 4.90 Å². The van der Waals surface area contributed by atoms with Crippen LogP contribution in [0.2, 0.25) is 0 Å². The number of anilines is 1. The summed E-state index contributed by atoms with van der Waals surface area (Å²) >= 11 is 5.87. The average Bonchev–Trinajstić information content (AvgIpc) is 2.91. The number of carbonyl (C=O) groups is 1. The summed E-state index contributed by atoms with van der Waals surface area (Å²) < 4.78 is 1.15. The molecule has 1 aliphatic rings. The topological polar surface area (TPSA) is 33.2 Å². The molecule has 2 heterocycles. The van der Waals surface area contributed by atoms with E-state index in [1.54, 1.807) is 16.2 Å². The molecule has 18 heavy (non-hydrogen) atoms. The number of carbonyl (C=O) groups excluding carboxylic acids is 1. The molecule has 3 rings (SSSR count). The Hall–Kier alpha value is -1.07. The zero-order valence-electron chi connectivity index (χ0n) is 10.1. The van der Waals surface area contributed by atoms with Crippen molar-refractivity contribution in [2.24, 2.45) is 5.92 Å². The summed E-state index contributed by atoms with van der Waals surface area (Å²) in [5, 5.41) is 0.824. The summed E-state index contributed by atoms with van der Waals surface area (Å²) in [6.45, 7) is 2.82. The zero-order valence-corrected chi connectivity index (χ0v) is 11.8. The highest BCUT2D eigenvalue weighted by Crippen LogP contribution is 2.33. The predicted molar refractivity (Wildman–Crippen MR) is 78.7 cm³/mol. The first-order valence-electron chi connectivity index (χ1n) is 5.96. The Labute approximate surface area is 115 Å². The lowest BCUT2D eigenvalue weighted by molar-refractivity contribution is -0.117. The Morgan fingerprint density at radius 3 is 3.11 bits per heavy atom. The van der Waals surface area contributed by atoms with Crippen LogP contribution in [-0.4, -0.2) is 23.2 Å². The smallest absolute Gasteiger partial charge is 0.229 e. The van der Waals surface area contributed by atoms with Gasteiger partial charge in [0.2, 0.25) is 5.91 Å². The molecule has 0 bridgehead atoms. The van der Waals surface area contributed by atoms with E-state index >= 15 is 0 Å². The molecule has 1 unspecified atom stereocenters. The van der Waals surface area contributed by atoms with E-state index in [-0.39, 0.29) is 5.91 Å². The van der Waals surface area contributed by atoms with Gasteiger partial charge in [0.05, 0.1) is 10.2 Å². The van der Waals surface area contributed by atoms with Crippen molar-refractivity contribution in [2.45, 2.75) is 13.3 Å². The Morgan fingerprint density at radius 1 is 1.56 bits per heavy atom. The molecule has 5 heteroatoms. The number of amides is 1. The normalized spacial score (nSPS) is 20.0. The quantitative estimate of drug-likeness (QED) is 0.857. The SMILES string of the molecule is Cc1ccc2nc(N3CC(CS)CC3=O)sc2c1. The maximum Gasteiger partial charge on any atom is 0.229 e. The number of hydrogen-bond acceptors (Lipinski definition) is 4. The number of nitrogens with zero attached hydrogens (tertiary/aromatic N) is 2. The van der Waals surface area contributed by atoms with Crippen molar-refractivity contribution in [2.75, 3.05) is 17.2 Å². The van der Waals surface area contributed by atoms with Crippen LogP contribution in [0.3, 0.4) is 0 Å². The molecule has 0 spiro atoms. The van der Waals surface area contributed by atoms with Crippen molar-refractivity contribution in [3.05, 3.63) is 23.8 Å². The Kier molecular flexibility index (Phi) is 3.03. The van der Waals surface area contributed by atoms with Gasteiger partial charge in [-0.2, -0.15) is 12.6 Å². The summed E-state index contributed by atoms with van der Waals surface area (Å²) in [4.78, 5) is 18.3. The monoisotopic (exact) mass is 278 g/mol. The molecule has 1 aromatic carbocycles. The van der Waals surface area contributed by atoms with Gasteiger partial charge < -0.3 is 0 Å². The zero-order chi connectivity index (χ0) is 12.7. The van der Waals surface area contributed by atoms with Crippen molar-refractivity contribution >= 4 is 45.2 Å². The summed E-state index contributed by atoms with van der Waals surface area (Å²) in [7, 11) is 0. The number of aryl methyl sites for hydroxylation is 1. The number of thiazole rings is 1. The number of fused-ring (bicyclic) bond motifs is 1. The van der Waals surface area contributed by atoms with Crippen molar-refractivity contribution in [1.82, 2.24) is 4.98 Å². The fourth-order valence-electron chi connectivity index (χ4n) is 2.22. The molecule has 1 aromatic heterocycles. The lowest BCUT2D eigenvalue weighted by Crippen LogP contribution is -2.24. The maximum atomic E-state index is 11.9. The molecule has 0 aliphatic carbocycles. The largest absolute Gasteiger partial charge is 0.288 e. The van der Waals surface area contributed by atoms with Crippen LogP contribution in [0, 0.1) is 12.8 Å². The van der Waals surface area contributed by atoms with Crippen molar-refractivity contribution < 1.29 is 4.79 Å². The van der Waals surface area contributed by atoms with Gasteiger partial charge in [-0.3, -0.25) is 9.69 Å². The van der Waals surface area contributed by atoms with Gasteiger partial charge in [-0.05, 0) is 36.3 Å². The molecular weight excluding hydrogens is 264 g/mol. The molecule has 0 radical (unpaired) electrons. The van der Waals surface area contributed by atoms with Gasteiger partial charge in [0.1, 0.15) is 0 Å². The molecule has 3 nitrogen and oxygen atoms in total. The Bertz CT molecular complexity index is 608. The standard InChI is InChI=1S/C13H14N2OS2/c1-8-2-3-10-11(4-8)18-13(14-10)15-6-9(7-17)5-12(15)16/h2-4,9,17H,5-7H2,1H3. The van der Waals surface area contributed by atoms with Gasteiger partial charge in [0.15, 0.2) is 5.13 Å². The van der Waals surface area contributed by atoms with E-state index in [1.807, 2.05) is 12.1 Å². The van der Waals surface area contributed by atoms with Crippen LogP contribution in [0.1, 0.15) is 12.0 Å². The molecule has 1 fully saturated rings. The van der Waals surface area contributed by atoms with Crippen molar-refractivity contribution in [3.63, 3.8) is 0 Å². The summed E-state index contributed by atoms with van der Waals surface area (Å²) in [5.74, 6) is 1.28. The van der Waals surface area contributed by atoms with Crippen molar-refractivity contribution in [3.8, 4) is 0 Å². The predicted octanol–water partition coefficient (Wildman–Crippen LogP) is 2.89. The molecule has 94 valence electrons. The molecule has 1 amide bonds. The fraction of sp³-hybridized carbons (Fsp3) is 0.385. The van der Waals surface area contributed by atoms with Crippen LogP contribution in [0.5, 0.6) is 0 Å². The molecule has 0 N–H and O–H groups in total. The van der Waals surface area contributed by atoms with E-state index in [0.717, 1.165) is 27.6 Å². The van der Waals surface area contributed by atoms with Gasteiger partial charge in [-0.15, -0.1) is 0 Å². The number of rotatable bonds is 2. The van der Waals surface area contributed by atoms with Crippen LogP contribution in [0.25, 0.3) is 10.2 Å². The number of thiol groups is 1. The van der Waals surface area contributed by atoms with Crippen molar-refractivity contribution in [1.29, 1.82) is 0 Å². The van der Waals surface area contributed by atoms with Gasteiger partial charge in [-0.25, -0.2) is 4.98 Å². The Balaban J connectivity index is 1.97. The molecule has 2 aromatic rings. The highest BCUT2D eigenvalue weighted by molar-refractivity contribution is 7.80. The summed E-state index contributed by atoms with van der Waals surface area (Å²) in [6, 6.07) is 6.18. The minimum atomic E-state index is 0.171. The third-order valence-corrected chi connectivity index (χ3v) is 4.78. The third-order valence-electron chi connectivity index (χ3n) is 3.23.